The first-order valence-electron chi connectivity index (χ1n) is 9.69. The largest absolute Gasteiger partial charge is 0.368 e. The van der Waals surface area contributed by atoms with Crippen LogP contribution in [0.3, 0.4) is 0 Å². The molecule has 6 nitrogen and oxygen atoms in total. The fraction of sp³-hybridized carbons (Fsp3) is 0.318. The Kier molecular flexibility index (Phi) is 4.86. The van der Waals surface area contributed by atoms with Crippen LogP contribution in [0.25, 0.3) is 11.0 Å². The number of hydrogen-bond donors (Lipinski definition) is 0. The summed E-state index contributed by atoms with van der Waals surface area (Å²) in [4.78, 5) is 33.9. The van der Waals surface area contributed by atoms with Crippen LogP contribution >= 0.6 is 0 Å². The number of aryl methyl sites for hydroxylation is 2. The van der Waals surface area contributed by atoms with Gasteiger partial charge in [-0.2, -0.15) is 0 Å². The zero-order valence-corrected chi connectivity index (χ0v) is 16.3. The Morgan fingerprint density at radius 2 is 1.75 bits per heavy atom. The van der Waals surface area contributed by atoms with E-state index in [-0.39, 0.29) is 11.5 Å². The van der Waals surface area contributed by atoms with E-state index in [1.54, 1.807) is 23.6 Å². The molecule has 0 saturated carbocycles. The van der Waals surface area contributed by atoms with Gasteiger partial charge in [0.1, 0.15) is 5.69 Å². The van der Waals surface area contributed by atoms with Crippen LogP contribution in [0.4, 0.5) is 5.69 Å². The van der Waals surface area contributed by atoms with Gasteiger partial charge in [0.15, 0.2) is 0 Å². The van der Waals surface area contributed by atoms with Crippen molar-refractivity contribution < 1.29 is 4.79 Å². The minimum atomic E-state index is -0.0777. The number of rotatable bonds is 3. The summed E-state index contributed by atoms with van der Waals surface area (Å²) in [5.74, 6) is 0.0170. The van der Waals surface area contributed by atoms with Crippen LogP contribution in [0.2, 0.25) is 0 Å². The van der Waals surface area contributed by atoms with Crippen molar-refractivity contribution in [2.24, 2.45) is 0 Å². The van der Waals surface area contributed by atoms with E-state index in [1.165, 1.54) is 5.69 Å². The van der Waals surface area contributed by atoms with Gasteiger partial charge in [-0.1, -0.05) is 18.2 Å². The maximum atomic E-state index is 13.0. The molecule has 0 bridgehead atoms. The molecule has 0 spiro atoms. The molecule has 0 atom stereocenters. The summed E-state index contributed by atoms with van der Waals surface area (Å²) >= 11 is 0. The van der Waals surface area contributed by atoms with Gasteiger partial charge in [0, 0.05) is 44.0 Å². The Hall–Kier alpha value is -3.15. The average Bonchev–Trinajstić information content (AvgIpc) is 2.74. The molecular weight excluding hydrogens is 352 g/mol. The molecular formula is C22H24N4O2. The van der Waals surface area contributed by atoms with Crippen LogP contribution in [0, 0.1) is 6.92 Å². The van der Waals surface area contributed by atoms with Crippen molar-refractivity contribution >= 4 is 22.6 Å². The van der Waals surface area contributed by atoms with Crippen LogP contribution in [0.1, 0.15) is 23.0 Å². The lowest BCUT2D eigenvalue weighted by molar-refractivity contribution is 0.0747. The smallest absolute Gasteiger partial charge is 0.272 e. The van der Waals surface area contributed by atoms with Gasteiger partial charge in [-0.05, 0) is 44.2 Å². The molecule has 2 aromatic carbocycles. The third kappa shape index (κ3) is 3.26. The van der Waals surface area contributed by atoms with Crippen LogP contribution < -0.4 is 10.5 Å². The lowest BCUT2D eigenvalue weighted by Crippen LogP contribution is -2.48. The van der Waals surface area contributed by atoms with Crippen molar-refractivity contribution in [2.45, 2.75) is 20.4 Å². The third-order valence-electron chi connectivity index (χ3n) is 5.36. The summed E-state index contributed by atoms with van der Waals surface area (Å²) in [5, 5.41) is 0. The van der Waals surface area contributed by atoms with Crippen molar-refractivity contribution in [3.05, 3.63) is 70.1 Å². The molecule has 0 radical (unpaired) electrons. The SMILES string of the molecule is CCn1c(=O)c(C)nc2cc(C(=O)N3CCN(c4ccccc4)CC3)ccc21. The van der Waals surface area contributed by atoms with Crippen LogP contribution in [0.5, 0.6) is 0 Å². The number of hydrogen-bond acceptors (Lipinski definition) is 4. The van der Waals surface area contributed by atoms with Gasteiger partial charge in [-0.3, -0.25) is 9.59 Å². The highest BCUT2D eigenvalue weighted by molar-refractivity contribution is 5.97. The van der Waals surface area contributed by atoms with Gasteiger partial charge < -0.3 is 14.4 Å². The lowest BCUT2D eigenvalue weighted by atomic mass is 10.1. The van der Waals surface area contributed by atoms with Crippen LogP contribution in [0.15, 0.2) is 53.3 Å². The molecule has 2 heterocycles. The molecule has 3 aromatic rings. The zero-order chi connectivity index (χ0) is 19.7. The third-order valence-corrected chi connectivity index (χ3v) is 5.36. The Morgan fingerprint density at radius 1 is 1.04 bits per heavy atom. The molecule has 1 amide bonds. The molecule has 1 aromatic heterocycles. The first kappa shape index (κ1) is 18.2. The maximum absolute atomic E-state index is 13.0. The second-order valence-corrected chi connectivity index (χ2v) is 7.06. The normalized spacial score (nSPS) is 14.5. The second kappa shape index (κ2) is 7.46. The summed E-state index contributed by atoms with van der Waals surface area (Å²) in [6.45, 7) is 7.23. The highest BCUT2D eigenvalue weighted by atomic mass is 16.2. The Bertz CT molecular complexity index is 1070. The van der Waals surface area contributed by atoms with Gasteiger partial charge >= 0.3 is 0 Å². The molecule has 6 heteroatoms. The Morgan fingerprint density at radius 3 is 2.43 bits per heavy atom. The monoisotopic (exact) mass is 376 g/mol. The summed E-state index contributed by atoms with van der Waals surface area (Å²) in [5.41, 5.74) is 3.64. The standard InChI is InChI=1S/C22H24N4O2/c1-3-26-20-10-9-17(15-19(20)23-16(2)21(26)27)22(28)25-13-11-24(12-14-25)18-7-5-4-6-8-18/h4-10,15H,3,11-14H2,1-2H3. The molecule has 0 aliphatic carbocycles. The summed E-state index contributed by atoms with van der Waals surface area (Å²) in [7, 11) is 0. The first-order chi connectivity index (χ1) is 13.6. The molecule has 1 saturated heterocycles. The van der Waals surface area contributed by atoms with Crippen LogP contribution in [-0.4, -0.2) is 46.5 Å². The molecule has 144 valence electrons. The topological polar surface area (TPSA) is 58.4 Å². The van der Waals surface area contributed by atoms with Gasteiger partial charge in [-0.25, -0.2) is 4.98 Å². The summed E-state index contributed by atoms with van der Waals surface area (Å²) in [6.07, 6.45) is 0. The van der Waals surface area contributed by atoms with Gasteiger partial charge in [0.25, 0.3) is 11.5 Å². The van der Waals surface area contributed by atoms with Crippen molar-refractivity contribution in [1.29, 1.82) is 0 Å². The number of amides is 1. The van der Waals surface area contributed by atoms with Gasteiger partial charge in [0.2, 0.25) is 0 Å². The fourth-order valence-electron chi connectivity index (χ4n) is 3.81. The van der Waals surface area contributed by atoms with E-state index in [0.29, 0.717) is 36.4 Å². The first-order valence-corrected chi connectivity index (χ1v) is 9.69. The number of aromatic nitrogens is 2. The van der Waals surface area contributed by atoms with E-state index < -0.39 is 0 Å². The number of benzene rings is 2. The highest BCUT2D eigenvalue weighted by Gasteiger charge is 2.23. The Balaban J connectivity index is 1.55. The Labute approximate surface area is 164 Å². The molecule has 28 heavy (non-hydrogen) atoms. The van der Waals surface area contributed by atoms with Crippen molar-refractivity contribution in [2.75, 3.05) is 31.1 Å². The van der Waals surface area contributed by atoms with E-state index in [0.717, 1.165) is 18.6 Å². The minimum absolute atomic E-state index is 0.0170. The molecule has 0 N–H and O–H groups in total. The molecule has 1 aliphatic heterocycles. The van der Waals surface area contributed by atoms with Gasteiger partial charge in [0.05, 0.1) is 11.0 Å². The van der Waals surface area contributed by atoms with E-state index in [1.807, 2.05) is 36.1 Å². The van der Waals surface area contributed by atoms with E-state index in [4.69, 9.17) is 0 Å². The minimum Gasteiger partial charge on any atom is -0.368 e. The second-order valence-electron chi connectivity index (χ2n) is 7.06. The summed E-state index contributed by atoms with van der Waals surface area (Å²) in [6, 6.07) is 15.7. The molecule has 1 fully saturated rings. The summed E-state index contributed by atoms with van der Waals surface area (Å²) < 4.78 is 1.70. The van der Waals surface area contributed by atoms with E-state index >= 15 is 0 Å². The van der Waals surface area contributed by atoms with E-state index in [9.17, 15) is 9.59 Å². The highest BCUT2D eigenvalue weighted by Crippen LogP contribution is 2.19. The van der Waals surface area contributed by atoms with E-state index in [2.05, 4.69) is 22.0 Å². The number of piperazine rings is 1. The predicted molar refractivity (Wildman–Crippen MR) is 111 cm³/mol. The molecule has 4 rings (SSSR count). The van der Waals surface area contributed by atoms with Gasteiger partial charge in [-0.15, -0.1) is 0 Å². The predicted octanol–water partition coefficient (Wildman–Crippen LogP) is 2.69. The average molecular weight is 376 g/mol. The molecule has 0 unspecified atom stereocenters. The maximum Gasteiger partial charge on any atom is 0.272 e. The lowest BCUT2D eigenvalue weighted by Gasteiger charge is -2.36. The number of carbonyl (C=O) groups excluding carboxylic acids is 1. The van der Waals surface area contributed by atoms with Crippen molar-refractivity contribution in [3.8, 4) is 0 Å². The zero-order valence-electron chi connectivity index (χ0n) is 16.3. The number of para-hydroxylation sites is 1. The number of nitrogens with zero attached hydrogens (tertiary/aromatic N) is 4. The quantitative estimate of drug-likeness (QED) is 0.705. The number of carbonyl (C=O) groups is 1. The molecule has 1 aliphatic rings. The fourth-order valence-corrected chi connectivity index (χ4v) is 3.81. The van der Waals surface area contributed by atoms with Crippen molar-refractivity contribution in [3.63, 3.8) is 0 Å². The van der Waals surface area contributed by atoms with Crippen LogP contribution in [-0.2, 0) is 6.54 Å². The number of fused-ring (bicyclic) bond motifs is 1. The van der Waals surface area contributed by atoms with Crippen molar-refractivity contribution in [1.82, 2.24) is 14.5 Å². The number of anilines is 1.